The van der Waals surface area contributed by atoms with E-state index in [-0.39, 0.29) is 5.91 Å². The highest BCUT2D eigenvalue weighted by atomic mass is 16.5. The molecule has 0 saturated heterocycles. The van der Waals surface area contributed by atoms with Crippen LogP contribution in [0, 0.1) is 13.8 Å². The number of amides is 1. The van der Waals surface area contributed by atoms with Crippen LogP contribution < -0.4 is 10.1 Å². The SMILES string of the molecule is COc1cccc(-n2nc(C)c(CCC(=O)Nc3cccc(-c4nnc5n4CCCCC5)c3)c2C)c1. The number of carbonyl (C=O) groups is 1. The zero-order chi connectivity index (χ0) is 25.1. The summed E-state index contributed by atoms with van der Waals surface area (Å²) >= 11 is 0. The fraction of sp³-hybridized carbons (Fsp3) is 0.357. The van der Waals surface area contributed by atoms with Crippen LogP contribution in [0.4, 0.5) is 5.69 Å². The normalized spacial score (nSPS) is 13.2. The molecule has 8 heteroatoms. The van der Waals surface area contributed by atoms with Crippen molar-refractivity contribution in [3.63, 3.8) is 0 Å². The molecule has 36 heavy (non-hydrogen) atoms. The van der Waals surface area contributed by atoms with Gasteiger partial charge in [0.25, 0.3) is 0 Å². The van der Waals surface area contributed by atoms with E-state index in [2.05, 4.69) is 20.1 Å². The Morgan fingerprint density at radius 1 is 1.06 bits per heavy atom. The van der Waals surface area contributed by atoms with Gasteiger partial charge in [-0.25, -0.2) is 4.68 Å². The van der Waals surface area contributed by atoms with E-state index in [1.807, 2.05) is 67.1 Å². The molecular formula is C28H32N6O2. The number of rotatable bonds is 7. The maximum atomic E-state index is 12.9. The van der Waals surface area contributed by atoms with E-state index in [1.54, 1.807) is 7.11 Å². The predicted octanol–water partition coefficient (Wildman–Crippen LogP) is 5.05. The van der Waals surface area contributed by atoms with E-state index >= 15 is 0 Å². The number of nitrogens with one attached hydrogen (secondary N) is 1. The van der Waals surface area contributed by atoms with Crippen molar-refractivity contribution in [2.45, 2.75) is 58.9 Å². The quantitative estimate of drug-likeness (QED) is 0.396. The van der Waals surface area contributed by atoms with Gasteiger partial charge in [-0.15, -0.1) is 10.2 Å². The maximum Gasteiger partial charge on any atom is 0.224 e. The van der Waals surface area contributed by atoms with E-state index in [4.69, 9.17) is 9.84 Å². The van der Waals surface area contributed by atoms with Crippen LogP contribution in [0.2, 0.25) is 0 Å². The third-order valence-corrected chi connectivity index (χ3v) is 6.86. The molecule has 4 aromatic rings. The molecule has 1 aliphatic heterocycles. The molecule has 2 aromatic heterocycles. The van der Waals surface area contributed by atoms with Gasteiger partial charge < -0.3 is 14.6 Å². The molecule has 0 fully saturated rings. The molecule has 0 radical (unpaired) electrons. The summed E-state index contributed by atoms with van der Waals surface area (Å²) in [7, 11) is 1.65. The van der Waals surface area contributed by atoms with Gasteiger partial charge in [0.1, 0.15) is 11.6 Å². The van der Waals surface area contributed by atoms with Crippen LogP contribution in [0.25, 0.3) is 17.1 Å². The van der Waals surface area contributed by atoms with Crippen molar-refractivity contribution >= 4 is 11.6 Å². The molecular weight excluding hydrogens is 452 g/mol. The van der Waals surface area contributed by atoms with Gasteiger partial charge in [-0.05, 0) is 62.9 Å². The summed E-state index contributed by atoms with van der Waals surface area (Å²) in [4.78, 5) is 12.9. The fourth-order valence-electron chi connectivity index (χ4n) is 4.93. The number of anilines is 1. The van der Waals surface area contributed by atoms with Crippen molar-refractivity contribution in [1.29, 1.82) is 0 Å². The van der Waals surface area contributed by atoms with Crippen molar-refractivity contribution in [2.75, 3.05) is 12.4 Å². The van der Waals surface area contributed by atoms with Crippen LogP contribution in [0.3, 0.4) is 0 Å². The van der Waals surface area contributed by atoms with Gasteiger partial charge in [0.2, 0.25) is 5.91 Å². The first-order chi connectivity index (χ1) is 17.5. The summed E-state index contributed by atoms with van der Waals surface area (Å²) in [5.74, 6) is 2.68. The standard InChI is InChI=1S/C28H32N6O2/c1-19-25(20(2)34(32-19)23-11-8-12-24(18-23)36-3)14-15-27(35)29-22-10-7-9-21(17-22)28-31-30-26-13-5-4-6-16-33(26)28/h7-12,17-18H,4-6,13-16H2,1-3H3,(H,29,35). The zero-order valence-electron chi connectivity index (χ0n) is 21.1. The van der Waals surface area contributed by atoms with E-state index < -0.39 is 0 Å². The number of ether oxygens (including phenoxy) is 1. The second-order valence-electron chi connectivity index (χ2n) is 9.29. The smallest absolute Gasteiger partial charge is 0.224 e. The van der Waals surface area contributed by atoms with Gasteiger partial charge in [-0.3, -0.25) is 4.79 Å². The average Bonchev–Trinajstić information content (AvgIpc) is 3.32. The topological polar surface area (TPSA) is 86.9 Å². The minimum atomic E-state index is -0.0276. The van der Waals surface area contributed by atoms with Crippen LogP contribution in [0.15, 0.2) is 48.5 Å². The second kappa shape index (κ2) is 10.4. The fourth-order valence-corrected chi connectivity index (χ4v) is 4.93. The third kappa shape index (κ3) is 4.89. The highest BCUT2D eigenvalue weighted by Gasteiger charge is 2.17. The molecule has 0 atom stereocenters. The van der Waals surface area contributed by atoms with Crippen LogP contribution in [0.1, 0.15) is 48.5 Å². The molecule has 186 valence electrons. The monoisotopic (exact) mass is 484 g/mol. The van der Waals surface area contributed by atoms with Crippen molar-refractivity contribution in [2.24, 2.45) is 0 Å². The number of hydrogen-bond acceptors (Lipinski definition) is 5. The number of methoxy groups -OCH3 is 1. The number of hydrogen-bond donors (Lipinski definition) is 1. The Hall–Kier alpha value is -3.94. The molecule has 1 amide bonds. The van der Waals surface area contributed by atoms with Gasteiger partial charge in [-0.1, -0.05) is 24.6 Å². The number of benzene rings is 2. The van der Waals surface area contributed by atoms with Gasteiger partial charge in [0.05, 0.1) is 18.5 Å². The molecule has 1 aliphatic rings. The first-order valence-corrected chi connectivity index (χ1v) is 12.6. The Bertz CT molecular complexity index is 1390. The molecule has 0 unspecified atom stereocenters. The lowest BCUT2D eigenvalue weighted by atomic mass is 10.1. The highest BCUT2D eigenvalue weighted by Crippen LogP contribution is 2.26. The summed E-state index contributed by atoms with van der Waals surface area (Å²) in [6.45, 7) is 4.97. The molecule has 0 bridgehead atoms. The molecule has 1 N–H and O–H groups in total. The molecule has 0 aliphatic carbocycles. The Balaban J connectivity index is 1.27. The van der Waals surface area contributed by atoms with Crippen molar-refractivity contribution in [1.82, 2.24) is 24.5 Å². The molecule has 0 saturated carbocycles. The number of aryl methyl sites for hydroxylation is 2. The lowest BCUT2D eigenvalue weighted by Crippen LogP contribution is -2.13. The van der Waals surface area contributed by atoms with E-state index in [1.165, 1.54) is 6.42 Å². The largest absolute Gasteiger partial charge is 0.497 e. The van der Waals surface area contributed by atoms with Gasteiger partial charge in [0, 0.05) is 42.4 Å². The summed E-state index contributed by atoms with van der Waals surface area (Å²) in [5, 5.41) is 16.6. The Kier molecular flexibility index (Phi) is 6.84. The highest BCUT2D eigenvalue weighted by molar-refractivity contribution is 5.91. The molecule has 0 spiro atoms. The first-order valence-electron chi connectivity index (χ1n) is 12.6. The number of carbonyl (C=O) groups excluding carboxylic acids is 1. The summed E-state index contributed by atoms with van der Waals surface area (Å²) in [6, 6.07) is 15.7. The zero-order valence-corrected chi connectivity index (χ0v) is 21.1. The van der Waals surface area contributed by atoms with E-state index in [9.17, 15) is 4.79 Å². The lowest BCUT2D eigenvalue weighted by molar-refractivity contribution is -0.116. The first kappa shape index (κ1) is 23.8. The Labute approximate surface area is 211 Å². The number of fused-ring (bicyclic) bond motifs is 1. The second-order valence-corrected chi connectivity index (χ2v) is 9.29. The third-order valence-electron chi connectivity index (χ3n) is 6.86. The lowest BCUT2D eigenvalue weighted by Gasteiger charge is -2.10. The van der Waals surface area contributed by atoms with Gasteiger partial charge in [0.15, 0.2) is 5.82 Å². The Morgan fingerprint density at radius 3 is 2.78 bits per heavy atom. The maximum absolute atomic E-state index is 12.9. The number of aromatic nitrogens is 5. The van der Waals surface area contributed by atoms with Crippen LogP contribution >= 0.6 is 0 Å². The van der Waals surface area contributed by atoms with Crippen molar-refractivity contribution < 1.29 is 9.53 Å². The molecule has 2 aromatic carbocycles. The predicted molar refractivity (Wildman–Crippen MR) is 140 cm³/mol. The molecule has 5 rings (SSSR count). The van der Waals surface area contributed by atoms with E-state index in [0.717, 1.165) is 77.1 Å². The van der Waals surface area contributed by atoms with Gasteiger partial charge >= 0.3 is 0 Å². The van der Waals surface area contributed by atoms with Gasteiger partial charge in [-0.2, -0.15) is 5.10 Å². The summed E-state index contributed by atoms with van der Waals surface area (Å²) in [5.41, 5.74) is 5.73. The van der Waals surface area contributed by atoms with Crippen LogP contribution in [-0.4, -0.2) is 37.6 Å². The average molecular weight is 485 g/mol. The van der Waals surface area contributed by atoms with Crippen molar-refractivity contribution in [3.8, 4) is 22.8 Å². The van der Waals surface area contributed by atoms with Crippen LogP contribution in [-0.2, 0) is 24.2 Å². The van der Waals surface area contributed by atoms with Crippen LogP contribution in [0.5, 0.6) is 5.75 Å². The van der Waals surface area contributed by atoms with E-state index in [0.29, 0.717) is 12.8 Å². The number of nitrogens with zero attached hydrogens (tertiary/aromatic N) is 5. The molecule has 3 heterocycles. The minimum absolute atomic E-state index is 0.0276. The summed E-state index contributed by atoms with van der Waals surface area (Å²) in [6.07, 6.45) is 5.47. The minimum Gasteiger partial charge on any atom is -0.497 e. The van der Waals surface area contributed by atoms with Crippen molar-refractivity contribution in [3.05, 3.63) is 71.3 Å². The molecule has 8 nitrogen and oxygen atoms in total. The Morgan fingerprint density at radius 2 is 1.92 bits per heavy atom. The summed E-state index contributed by atoms with van der Waals surface area (Å²) < 4.78 is 9.49.